The average Bonchev–Trinajstić information content (AvgIpc) is 3.52. The van der Waals surface area contributed by atoms with Gasteiger partial charge in [-0.25, -0.2) is 15.0 Å². The lowest BCUT2D eigenvalue weighted by Gasteiger charge is -2.36. The van der Waals surface area contributed by atoms with Crippen molar-refractivity contribution in [2.24, 2.45) is 0 Å². The first-order valence-electron chi connectivity index (χ1n) is 19.2. The Hall–Kier alpha value is -6.45. The number of nitrogens with zero attached hydrogens (tertiary/aromatic N) is 3. The molecule has 0 radical (unpaired) electrons. The summed E-state index contributed by atoms with van der Waals surface area (Å²) in [5, 5.41) is 0. The van der Waals surface area contributed by atoms with E-state index < -0.39 is 0 Å². The summed E-state index contributed by atoms with van der Waals surface area (Å²) in [4.78, 5) is 15.5. The highest BCUT2D eigenvalue weighted by atomic mass is 15.0. The lowest BCUT2D eigenvalue weighted by atomic mass is 9.67. The second kappa shape index (κ2) is 13.5. The standard InChI is InChI=1S/C51H39N3/c1-4-14-35(15-5-1)37-22-26-39(27-23-37)48-52-49(40-28-24-38(25-29-40)36-16-6-2-7-17-36)54-50(53-48)45-20-9-8-18-42(45)41-30-31-44-43-19-10-11-21-46(43)51(47(44)34-41)32-12-3-13-33-51/h1-2,4-11,14-31,34H,3,12-13,32-33H2. The van der Waals surface area contributed by atoms with Crippen LogP contribution in [0.3, 0.4) is 0 Å². The van der Waals surface area contributed by atoms with Crippen LogP contribution in [-0.2, 0) is 5.41 Å². The Balaban J connectivity index is 1.10. The van der Waals surface area contributed by atoms with Gasteiger partial charge < -0.3 is 0 Å². The van der Waals surface area contributed by atoms with Crippen LogP contribution in [0, 0.1) is 0 Å². The quantitative estimate of drug-likeness (QED) is 0.174. The van der Waals surface area contributed by atoms with Crippen LogP contribution in [0.1, 0.15) is 43.2 Å². The van der Waals surface area contributed by atoms with Crippen molar-refractivity contribution in [2.45, 2.75) is 37.5 Å². The van der Waals surface area contributed by atoms with Crippen molar-refractivity contribution in [3.8, 4) is 78.7 Å². The van der Waals surface area contributed by atoms with E-state index in [1.807, 2.05) is 12.1 Å². The van der Waals surface area contributed by atoms with E-state index >= 15 is 0 Å². The summed E-state index contributed by atoms with van der Waals surface area (Å²) in [6.45, 7) is 0. The van der Waals surface area contributed by atoms with E-state index in [0.29, 0.717) is 17.5 Å². The van der Waals surface area contributed by atoms with Gasteiger partial charge in [-0.15, -0.1) is 0 Å². The fraction of sp³-hybridized carbons (Fsp3) is 0.118. The summed E-state index contributed by atoms with van der Waals surface area (Å²) < 4.78 is 0. The van der Waals surface area contributed by atoms with Crippen LogP contribution in [0.15, 0.2) is 176 Å². The minimum absolute atomic E-state index is 0.0838. The fourth-order valence-electron chi connectivity index (χ4n) is 8.89. The second-order valence-electron chi connectivity index (χ2n) is 14.7. The Bertz CT molecular complexity index is 2500. The van der Waals surface area contributed by atoms with Gasteiger partial charge in [0.1, 0.15) is 0 Å². The maximum absolute atomic E-state index is 5.22. The number of aromatic nitrogens is 3. The molecule has 10 rings (SSSR count). The molecule has 54 heavy (non-hydrogen) atoms. The molecular weight excluding hydrogens is 655 g/mol. The average molecular weight is 694 g/mol. The zero-order valence-corrected chi connectivity index (χ0v) is 30.1. The summed E-state index contributed by atoms with van der Waals surface area (Å²) in [6, 6.07) is 62.9. The minimum atomic E-state index is 0.0838. The molecule has 0 amide bonds. The van der Waals surface area contributed by atoms with Crippen molar-refractivity contribution < 1.29 is 0 Å². The first-order chi connectivity index (χ1) is 26.7. The number of hydrogen-bond acceptors (Lipinski definition) is 3. The van der Waals surface area contributed by atoms with Crippen molar-refractivity contribution in [1.82, 2.24) is 15.0 Å². The molecule has 1 fully saturated rings. The Labute approximate surface area is 317 Å². The van der Waals surface area contributed by atoms with Crippen LogP contribution >= 0.6 is 0 Å². The van der Waals surface area contributed by atoms with E-state index in [0.717, 1.165) is 33.4 Å². The highest BCUT2D eigenvalue weighted by molar-refractivity contribution is 5.88. The van der Waals surface area contributed by atoms with Crippen molar-refractivity contribution in [3.63, 3.8) is 0 Å². The van der Waals surface area contributed by atoms with Crippen LogP contribution in [0.2, 0.25) is 0 Å². The largest absolute Gasteiger partial charge is 0.208 e. The molecule has 1 spiro atoms. The molecule has 2 aliphatic carbocycles. The zero-order valence-electron chi connectivity index (χ0n) is 30.1. The molecule has 3 nitrogen and oxygen atoms in total. The van der Waals surface area contributed by atoms with Gasteiger partial charge in [0.25, 0.3) is 0 Å². The smallest absolute Gasteiger partial charge is 0.164 e. The number of hydrogen-bond donors (Lipinski definition) is 0. The lowest BCUT2D eigenvalue weighted by molar-refractivity contribution is 0.353. The molecule has 1 heterocycles. The lowest BCUT2D eigenvalue weighted by Crippen LogP contribution is -2.28. The molecule has 0 aliphatic heterocycles. The van der Waals surface area contributed by atoms with Gasteiger partial charge >= 0.3 is 0 Å². The Morgan fingerprint density at radius 3 is 1.31 bits per heavy atom. The Kier molecular flexibility index (Phi) is 8.06. The highest BCUT2D eigenvalue weighted by Gasteiger charge is 2.43. The van der Waals surface area contributed by atoms with Crippen molar-refractivity contribution >= 4 is 0 Å². The van der Waals surface area contributed by atoms with Crippen LogP contribution in [0.25, 0.3) is 78.7 Å². The van der Waals surface area contributed by atoms with Crippen molar-refractivity contribution in [1.29, 1.82) is 0 Å². The third-order valence-electron chi connectivity index (χ3n) is 11.6. The number of benzene rings is 7. The van der Waals surface area contributed by atoms with Gasteiger partial charge in [-0.05, 0) is 74.5 Å². The molecule has 0 saturated heterocycles. The predicted octanol–water partition coefficient (Wildman–Crippen LogP) is 13.1. The summed E-state index contributed by atoms with van der Waals surface area (Å²) in [5.74, 6) is 1.98. The van der Waals surface area contributed by atoms with E-state index in [-0.39, 0.29) is 5.41 Å². The Morgan fingerprint density at radius 2 is 0.722 bits per heavy atom. The molecule has 7 aromatic carbocycles. The van der Waals surface area contributed by atoms with Crippen molar-refractivity contribution in [2.75, 3.05) is 0 Å². The SMILES string of the molecule is c1ccc(-c2ccc(-c3nc(-c4ccc(-c5ccccc5)cc4)nc(-c4ccccc4-c4ccc5c(c4)C4(CCCCC4)c4ccccc4-5)n3)cc2)cc1. The van der Waals surface area contributed by atoms with Crippen LogP contribution < -0.4 is 0 Å². The maximum atomic E-state index is 5.22. The van der Waals surface area contributed by atoms with E-state index in [2.05, 4.69) is 164 Å². The van der Waals surface area contributed by atoms with Crippen LogP contribution in [0.4, 0.5) is 0 Å². The Morgan fingerprint density at radius 1 is 0.296 bits per heavy atom. The van der Waals surface area contributed by atoms with Gasteiger partial charge in [0.2, 0.25) is 0 Å². The normalized spacial score (nSPS) is 14.1. The molecule has 258 valence electrons. The van der Waals surface area contributed by atoms with E-state index in [1.54, 1.807) is 0 Å². The van der Waals surface area contributed by atoms with Gasteiger partial charge in [-0.3, -0.25) is 0 Å². The molecule has 1 saturated carbocycles. The first-order valence-corrected chi connectivity index (χ1v) is 19.2. The van der Waals surface area contributed by atoms with Gasteiger partial charge in [-0.2, -0.15) is 0 Å². The molecule has 8 aromatic rings. The van der Waals surface area contributed by atoms with E-state index in [4.69, 9.17) is 15.0 Å². The van der Waals surface area contributed by atoms with Gasteiger partial charge in [0.05, 0.1) is 0 Å². The van der Waals surface area contributed by atoms with Crippen molar-refractivity contribution in [3.05, 3.63) is 187 Å². The van der Waals surface area contributed by atoms with Gasteiger partial charge in [0.15, 0.2) is 17.5 Å². The molecule has 2 aliphatic rings. The zero-order chi connectivity index (χ0) is 35.9. The predicted molar refractivity (Wildman–Crippen MR) is 222 cm³/mol. The monoisotopic (exact) mass is 693 g/mol. The third kappa shape index (κ3) is 5.64. The van der Waals surface area contributed by atoms with Crippen LogP contribution in [-0.4, -0.2) is 15.0 Å². The highest BCUT2D eigenvalue weighted by Crippen LogP contribution is 2.56. The van der Waals surface area contributed by atoms with Crippen LogP contribution in [0.5, 0.6) is 0 Å². The molecule has 0 atom stereocenters. The number of rotatable bonds is 6. The molecule has 3 heteroatoms. The summed E-state index contributed by atoms with van der Waals surface area (Å²) in [7, 11) is 0. The van der Waals surface area contributed by atoms with E-state index in [1.165, 1.54) is 71.0 Å². The fourth-order valence-corrected chi connectivity index (χ4v) is 8.89. The second-order valence-corrected chi connectivity index (χ2v) is 14.7. The van der Waals surface area contributed by atoms with E-state index in [9.17, 15) is 0 Å². The molecule has 0 N–H and O–H groups in total. The van der Waals surface area contributed by atoms with Gasteiger partial charge in [0, 0.05) is 22.1 Å². The summed E-state index contributed by atoms with van der Waals surface area (Å²) >= 11 is 0. The third-order valence-corrected chi connectivity index (χ3v) is 11.6. The minimum Gasteiger partial charge on any atom is -0.208 e. The maximum Gasteiger partial charge on any atom is 0.164 e. The molecular formula is C51H39N3. The first kappa shape index (κ1) is 32.2. The number of fused-ring (bicyclic) bond motifs is 5. The summed E-state index contributed by atoms with van der Waals surface area (Å²) in [5.41, 5.74) is 15.8. The topological polar surface area (TPSA) is 38.7 Å². The molecule has 0 bridgehead atoms. The molecule has 0 unspecified atom stereocenters. The summed E-state index contributed by atoms with van der Waals surface area (Å²) in [6.07, 6.45) is 6.26. The molecule has 1 aromatic heterocycles. The van der Waals surface area contributed by atoms with Gasteiger partial charge in [-0.1, -0.05) is 189 Å².